The molecule has 0 radical (unpaired) electrons. The van der Waals surface area contributed by atoms with E-state index in [1.807, 2.05) is 18.2 Å². The number of nitrogens with zero attached hydrogens (tertiary/aromatic N) is 1. The highest BCUT2D eigenvalue weighted by molar-refractivity contribution is 7.90. The van der Waals surface area contributed by atoms with Gasteiger partial charge in [0, 0.05) is 29.1 Å². The van der Waals surface area contributed by atoms with E-state index in [9.17, 15) is 18.3 Å². The number of sulfonamides is 1. The molecule has 5 atom stereocenters. The van der Waals surface area contributed by atoms with Crippen LogP contribution in [-0.2, 0) is 21.9 Å². The number of aliphatic hydroxyl groups excluding tert-OH is 1. The van der Waals surface area contributed by atoms with Crippen LogP contribution in [0.2, 0.25) is 5.02 Å². The first-order valence-electron chi connectivity index (χ1n) is 15.4. The maximum atomic E-state index is 13.3. The van der Waals surface area contributed by atoms with Crippen LogP contribution in [0, 0.1) is 23.7 Å². The lowest BCUT2D eigenvalue weighted by Crippen LogP contribution is -2.49. The second-order valence-electron chi connectivity index (χ2n) is 13.3. The smallest absolute Gasteiger partial charge is 0.264 e. The summed E-state index contributed by atoms with van der Waals surface area (Å²) in [5.41, 5.74) is 3.38. The molecule has 1 spiro atoms. The zero-order valence-corrected chi connectivity index (χ0v) is 25.4. The van der Waals surface area contributed by atoms with Crippen LogP contribution in [0.4, 0.5) is 5.69 Å². The lowest BCUT2D eigenvalue weighted by atomic mass is 9.68. The predicted octanol–water partition coefficient (Wildman–Crippen LogP) is 5.25. The highest BCUT2D eigenvalue weighted by Gasteiger charge is 2.44. The van der Waals surface area contributed by atoms with Gasteiger partial charge in [0.1, 0.15) is 5.75 Å². The number of benzene rings is 2. The van der Waals surface area contributed by atoms with Gasteiger partial charge in [-0.05, 0) is 116 Å². The number of rotatable bonds is 1. The molecule has 1 amide bonds. The summed E-state index contributed by atoms with van der Waals surface area (Å²) in [6.45, 7) is 1.94. The summed E-state index contributed by atoms with van der Waals surface area (Å²) in [6, 6.07) is 11.4. The van der Waals surface area contributed by atoms with E-state index in [4.69, 9.17) is 16.3 Å². The van der Waals surface area contributed by atoms with Crippen molar-refractivity contribution in [2.75, 3.05) is 30.3 Å². The second kappa shape index (κ2) is 10.9. The number of nitrogens with one attached hydrogen (secondary N) is 1. The predicted molar refractivity (Wildman–Crippen MR) is 164 cm³/mol. The minimum atomic E-state index is -3.84. The average Bonchev–Trinajstić information content (AvgIpc) is 3.78. The third-order valence-electron chi connectivity index (χ3n) is 10.4. The average molecular weight is 611 g/mol. The molecule has 5 aliphatic rings. The van der Waals surface area contributed by atoms with Crippen LogP contribution in [0.15, 0.2) is 48.6 Å². The first-order chi connectivity index (χ1) is 20.2. The van der Waals surface area contributed by atoms with E-state index in [2.05, 4.69) is 21.8 Å². The third-order valence-corrected chi connectivity index (χ3v) is 12.0. The number of fused-ring (bicyclic) bond motifs is 4. The Hall–Kier alpha value is -2.55. The van der Waals surface area contributed by atoms with Gasteiger partial charge < -0.3 is 14.7 Å². The molecule has 2 aromatic rings. The SMILES string of the molecule is O=C1NS(=O)(=O)C[C@@H](C2CC2)C/C=C/[C@H](O)[C@@H]2CCC2CN2C[C@@]3(CCCc4cc(Cl)ccc43)COc3ccc1cc32. The van der Waals surface area contributed by atoms with E-state index < -0.39 is 22.0 Å². The monoisotopic (exact) mass is 610 g/mol. The molecule has 42 heavy (non-hydrogen) atoms. The van der Waals surface area contributed by atoms with Gasteiger partial charge in [-0.15, -0.1) is 0 Å². The number of amides is 1. The van der Waals surface area contributed by atoms with Crippen LogP contribution in [-0.4, -0.2) is 51.0 Å². The number of carbonyl (C=O) groups is 1. The van der Waals surface area contributed by atoms with Gasteiger partial charge in [-0.1, -0.05) is 29.8 Å². The highest BCUT2D eigenvalue weighted by atomic mass is 35.5. The molecule has 224 valence electrons. The molecule has 2 saturated carbocycles. The van der Waals surface area contributed by atoms with Crippen molar-refractivity contribution in [3.8, 4) is 5.75 Å². The number of hydrogen-bond donors (Lipinski definition) is 2. The van der Waals surface area contributed by atoms with Crippen LogP contribution in [0.1, 0.15) is 66.4 Å². The normalized spacial score (nSPS) is 33.3. The molecule has 2 aliphatic heterocycles. The summed E-state index contributed by atoms with van der Waals surface area (Å²) in [5.74, 6) is 0.712. The number of aliphatic hydroxyl groups is 1. The molecular formula is C33H39ClN2O5S. The molecule has 2 heterocycles. The zero-order chi connectivity index (χ0) is 29.1. The van der Waals surface area contributed by atoms with Crippen molar-refractivity contribution in [1.29, 1.82) is 0 Å². The van der Waals surface area contributed by atoms with E-state index in [1.165, 1.54) is 11.1 Å². The van der Waals surface area contributed by atoms with Gasteiger partial charge in [-0.25, -0.2) is 13.1 Å². The first kappa shape index (κ1) is 28.2. The second-order valence-corrected chi connectivity index (χ2v) is 15.5. The van der Waals surface area contributed by atoms with Crippen LogP contribution in [0.5, 0.6) is 5.75 Å². The number of carbonyl (C=O) groups excluding carboxylic acids is 1. The Labute approximate surface area is 253 Å². The lowest BCUT2D eigenvalue weighted by Gasteiger charge is -2.45. The molecule has 2 fully saturated rings. The topological polar surface area (TPSA) is 95.9 Å². The lowest BCUT2D eigenvalue weighted by molar-refractivity contribution is 0.0455. The van der Waals surface area contributed by atoms with Gasteiger partial charge in [0.25, 0.3) is 5.91 Å². The summed E-state index contributed by atoms with van der Waals surface area (Å²) in [5, 5.41) is 11.9. The third kappa shape index (κ3) is 5.46. The molecule has 2 N–H and O–H groups in total. The standard InChI is InChI=1S/C33H39ClN2O5S/c34-26-10-12-28-22(15-26)4-2-14-33(28)19-36-17-24-8-11-27(24)30(37)5-1-3-25(21-6-7-21)18-42(39,40)35-32(38)23-9-13-31(41-20-33)29(36)16-23/h1,5,9-10,12-13,15-16,21,24-25,27,30,37H,2-4,6-8,11,14,17-20H2,(H,35,38)/b5-1+/t24?,25-,27+,30-,33-/m0/s1. The molecule has 2 bridgehead atoms. The molecule has 7 rings (SSSR count). The Balaban J connectivity index is 1.27. The molecular weight excluding hydrogens is 572 g/mol. The van der Waals surface area contributed by atoms with Gasteiger partial charge in [0.2, 0.25) is 10.0 Å². The van der Waals surface area contributed by atoms with Gasteiger partial charge in [-0.3, -0.25) is 4.79 Å². The number of hydrogen-bond acceptors (Lipinski definition) is 6. The Morgan fingerprint density at radius 3 is 2.67 bits per heavy atom. The molecule has 0 saturated heterocycles. The fourth-order valence-electron chi connectivity index (χ4n) is 7.83. The fourth-order valence-corrected chi connectivity index (χ4v) is 9.48. The minimum Gasteiger partial charge on any atom is -0.490 e. The van der Waals surface area contributed by atoms with Crippen LogP contribution >= 0.6 is 11.6 Å². The Morgan fingerprint density at radius 1 is 1.05 bits per heavy atom. The van der Waals surface area contributed by atoms with Crippen LogP contribution in [0.3, 0.4) is 0 Å². The van der Waals surface area contributed by atoms with Crippen molar-refractivity contribution in [2.45, 2.75) is 62.9 Å². The largest absolute Gasteiger partial charge is 0.490 e. The maximum Gasteiger partial charge on any atom is 0.264 e. The number of ether oxygens (including phenoxy) is 1. The Bertz CT molecular complexity index is 1520. The maximum absolute atomic E-state index is 13.3. The molecule has 3 aliphatic carbocycles. The van der Waals surface area contributed by atoms with E-state index in [1.54, 1.807) is 18.2 Å². The zero-order valence-electron chi connectivity index (χ0n) is 23.8. The Kier molecular flexibility index (Phi) is 7.30. The Morgan fingerprint density at radius 2 is 1.88 bits per heavy atom. The summed E-state index contributed by atoms with van der Waals surface area (Å²) in [7, 11) is -3.84. The summed E-state index contributed by atoms with van der Waals surface area (Å²) in [6.07, 6.45) is 10.9. The van der Waals surface area contributed by atoms with Gasteiger partial charge >= 0.3 is 0 Å². The highest BCUT2D eigenvalue weighted by Crippen LogP contribution is 2.47. The van der Waals surface area contributed by atoms with E-state index in [0.717, 1.165) is 62.2 Å². The van der Waals surface area contributed by atoms with Crippen molar-refractivity contribution in [1.82, 2.24) is 4.72 Å². The number of anilines is 1. The van der Waals surface area contributed by atoms with Crippen molar-refractivity contribution in [2.24, 2.45) is 23.7 Å². The molecule has 7 nitrogen and oxygen atoms in total. The molecule has 1 unspecified atom stereocenters. The molecule has 2 aromatic carbocycles. The summed E-state index contributed by atoms with van der Waals surface area (Å²) in [4.78, 5) is 15.7. The van der Waals surface area contributed by atoms with Crippen molar-refractivity contribution >= 4 is 33.2 Å². The number of aryl methyl sites for hydroxylation is 1. The van der Waals surface area contributed by atoms with E-state index >= 15 is 0 Å². The first-order valence-corrected chi connectivity index (χ1v) is 17.4. The van der Waals surface area contributed by atoms with Gasteiger partial charge in [0.05, 0.1) is 24.2 Å². The van der Waals surface area contributed by atoms with Crippen LogP contribution in [0.25, 0.3) is 0 Å². The minimum absolute atomic E-state index is 0.0655. The van der Waals surface area contributed by atoms with Crippen molar-refractivity contribution in [3.05, 3.63) is 70.3 Å². The van der Waals surface area contributed by atoms with Gasteiger partial charge in [-0.2, -0.15) is 0 Å². The van der Waals surface area contributed by atoms with E-state index in [-0.39, 0.29) is 23.0 Å². The van der Waals surface area contributed by atoms with Crippen molar-refractivity contribution in [3.63, 3.8) is 0 Å². The fraction of sp³-hybridized carbons (Fsp3) is 0.545. The van der Waals surface area contributed by atoms with Gasteiger partial charge in [0.15, 0.2) is 0 Å². The number of allylic oxidation sites excluding steroid dienone is 1. The molecule has 0 aromatic heterocycles. The quantitative estimate of drug-likeness (QED) is 0.429. The van der Waals surface area contributed by atoms with Crippen molar-refractivity contribution < 1.29 is 23.1 Å². The summed E-state index contributed by atoms with van der Waals surface area (Å²) >= 11 is 6.39. The number of halogens is 1. The molecule has 9 heteroatoms. The van der Waals surface area contributed by atoms with Crippen LogP contribution < -0.4 is 14.4 Å². The van der Waals surface area contributed by atoms with E-state index in [0.29, 0.717) is 42.7 Å². The summed E-state index contributed by atoms with van der Waals surface area (Å²) < 4.78 is 35.1.